The van der Waals surface area contributed by atoms with E-state index in [9.17, 15) is 5.11 Å². The lowest BCUT2D eigenvalue weighted by Crippen LogP contribution is -2.05. The van der Waals surface area contributed by atoms with Crippen molar-refractivity contribution in [1.29, 1.82) is 0 Å². The minimum absolute atomic E-state index is 0.411. The van der Waals surface area contributed by atoms with Crippen LogP contribution in [0.2, 0.25) is 0 Å². The Labute approximate surface area is 90.3 Å². The Morgan fingerprint density at radius 1 is 1.27 bits per heavy atom. The monoisotopic (exact) mass is 210 g/mol. The van der Waals surface area contributed by atoms with Crippen LogP contribution in [0.1, 0.15) is 38.5 Å². The summed E-state index contributed by atoms with van der Waals surface area (Å²) in [6.07, 6.45) is 4.18. The smallest absolute Gasteiger partial charge is 0.238 e. The first-order chi connectivity index (χ1) is 7.15. The molecule has 15 heavy (non-hydrogen) atoms. The van der Waals surface area contributed by atoms with Gasteiger partial charge in [0.1, 0.15) is 11.8 Å². The summed E-state index contributed by atoms with van der Waals surface area (Å²) in [6.45, 7) is 4.25. The zero-order chi connectivity index (χ0) is 11.3. The maximum atomic E-state index is 9.90. The van der Waals surface area contributed by atoms with Crippen LogP contribution in [0.25, 0.3) is 0 Å². The van der Waals surface area contributed by atoms with Crippen LogP contribution in [0, 0.1) is 5.92 Å². The molecule has 0 saturated heterocycles. The van der Waals surface area contributed by atoms with Gasteiger partial charge in [-0.05, 0) is 18.8 Å². The highest BCUT2D eigenvalue weighted by atomic mass is 16.5. The third-order valence-electron chi connectivity index (χ3n) is 2.22. The van der Waals surface area contributed by atoms with Crippen molar-refractivity contribution in [3.05, 3.63) is 18.1 Å². The van der Waals surface area contributed by atoms with Gasteiger partial charge < -0.3 is 9.84 Å². The summed E-state index contributed by atoms with van der Waals surface area (Å²) in [7, 11) is 1.53. The summed E-state index contributed by atoms with van der Waals surface area (Å²) in [5.41, 5.74) is 0.528. The van der Waals surface area contributed by atoms with E-state index >= 15 is 0 Å². The SMILES string of the molecule is COc1nccnc1C(O)CCC(C)C. The summed E-state index contributed by atoms with van der Waals surface area (Å²) < 4.78 is 5.04. The maximum absolute atomic E-state index is 9.90. The van der Waals surface area contributed by atoms with E-state index in [1.54, 1.807) is 12.4 Å². The molecule has 0 spiro atoms. The van der Waals surface area contributed by atoms with Crippen LogP contribution >= 0.6 is 0 Å². The molecule has 1 heterocycles. The summed E-state index contributed by atoms with van der Waals surface area (Å²) in [5.74, 6) is 0.982. The zero-order valence-electron chi connectivity index (χ0n) is 9.47. The van der Waals surface area contributed by atoms with Crippen molar-refractivity contribution < 1.29 is 9.84 Å². The second-order valence-corrected chi connectivity index (χ2v) is 3.94. The van der Waals surface area contributed by atoms with Gasteiger partial charge in [-0.25, -0.2) is 4.98 Å². The van der Waals surface area contributed by atoms with Crippen molar-refractivity contribution in [1.82, 2.24) is 9.97 Å². The Balaban J connectivity index is 2.68. The van der Waals surface area contributed by atoms with Gasteiger partial charge in [0.15, 0.2) is 0 Å². The molecule has 0 aliphatic carbocycles. The molecule has 1 N–H and O–H groups in total. The first-order valence-corrected chi connectivity index (χ1v) is 5.18. The topological polar surface area (TPSA) is 55.2 Å². The molecular weight excluding hydrogens is 192 g/mol. The van der Waals surface area contributed by atoms with Crippen LogP contribution in [0.4, 0.5) is 0 Å². The van der Waals surface area contributed by atoms with Crippen molar-refractivity contribution in [3.63, 3.8) is 0 Å². The second-order valence-electron chi connectivity index (χ2n) is 3.94. The lowest BCUT2D eigenvalue weighted by atomic mass is 10.0. The summed E-state index contributed by atoms with van der Waals surface area (Å²) in [4.78, 5) is 8.09. The molecule has 1 atom stereocenters. The largest absolute Gasteiger partial charge is 0.480 e. The van der Waals surface area contributed by atoms with Gasteiger partial charge in [-0.3, -0.25) is 4.98 Å². The van der Waals surface area contributed by atoms with Gasteiger partial charge in [0, 0.05) is 12.4 Å². The quantitative estimate of drug-likeness (QED) is 0.807. The lowest BCUT2D eigenvalue weighted by Gasteiger charge is -2.13. The Morgan fingerprint density at radius 3 is 2.53 bits per heavy atom. The molecule has 4 nitrogen and oxygen atoms in total. The molecule has 1 aromatic rings. The van der Waals surface area contributed by atoms with E-state index in [0.29, 0.717) is 23.9 Å². The van der Waals surface area contributed by atoms with Gasteiger partial charge in [-0.15, -0.1) is 0 Å². The van der Waals surface area contributed by atoms with Crippen LogP contribution in [-0.4, -0.2) is 22.2 Å². The van der Waals surface area contributed by atoms with E-state index in [0.717, 1.165) is 6.42 Å². The van der Waals surface area contributed by atoms with Crippen molar-refractivity contribution >= 4 is 0 Å². The molecular formula is C11H18N2O2. The number of aliphatic hydroxyl groups excluding tert-OH is 1. The summed E-state index contributed by atoms with van der Waals surface area (Å²) >= 11 is 0. The number of methoxy groups -OCH3 is 1. The molecule has 1 unspecified atom stereocenters. The molecule has 0 bridgehead atoms. The van der Waals surface area contributed by atoms with Crippen molar-refractivity contribution in [2.24, 2.45) is 5.92 Å². The summed E-state index contributed by atoms with van der Waals surface area (Å²) in [5, 5.41) is 9.90. The molecule has 84 valence electrons. The van der Waals surface area contributed by atoms with E-state index in [1.165, 1.54) is 7.11 Å². The highest BCUT2D eigenvalue weighted by Crippen LogP contribution is 2.24. The van der Waals surface area contributed by atoms with E-state index in [4.69, 9.17) is 4.74 Å². The molecule has 0 fully saturated rings. The van der Waals surface area contributed by atoms with Crippen molar-refractivity contribution in [3.8, 4) is 5.88 Å². The third kappa shape index (κ3) is 3.47. The number of ether oxygens (including phenoxy) is 1. The van der Waals surface area contributed by atoms with E-state index in [1.807, 2.05) is 0 Å². The van der Waals surface area contributed by atoms with Crippen LogP contribution in [0.15, 0.2) is 12.4 Å². The van der Waals surface area contributed by atoms with Crippen molar-refractivity contribution in [2.75, 3.05) is 7.11 Å². The van der Waals surface area contributed by atoms with E-state index < -0.39 is 6.10 Å². The fourth-order valence-electron chi connectivity index (χ4n) is 1.35. The third-order valence-corrected chi connectivity index (χ3v) is 2.22. The van der Waals surface area contributed by atoms with E-state index in [-0.39, 0.29) is 0 Å². The maximum Gasteiger partial charge on any atom is 0.238 e. The molecule has 0 amide bonds. The van der Waals surface area contributed by atoms with Gasteiger partial charge in [-0.1, -0.05) is 13.8 Å². The number of aliphatic hydroxyl groups is 1. The molecule has 0 radical (unpaired) electrons. The fraction of sp³-hybridized carbons (Fsp3) is 0.636. The van der Waals surface area contributed by atoms with Gasteiger partial charge in [0.05, 0.1) is 7.11 Å². The zero-order valence-corrected chi connectivity index (χ0v) is 9.47. The minimum atomic E-state index is -0.587. The normalized spacial score (nSPS) is 12.9. The number of rotatable bonds is 5. The molecule has 1 rings (SSSR count). The Kier molecular flexibility index (Phi) is 4.49. The predicted octanol–water partition coefficient (Wildman–Crippen LogP) is 1.95. The highest BCUT2D eigenvalue weighted by Gasteiger charge is 2.15. The van der Waals surface area contributed by atoms with E-state index in [2.05, 4.69) is 23.8 Å². The number of aromatic nitrogens is 2. The average molecular weight is 210 g/mol. The standard InChI is InChI=1S/C11H18N2O2/c1-8(2)4-5-9(14)10-11(15-3)13-7-6-12-10/h6-9,14H,4-5H2,1-3H3. The van der Waals surface area contributed by atoms with Crippen LogP contribution < -0.4 is 4.74 Å². The van der Waals surface area contributed by atoms with Crippen molar-refractivity contribution in [2.45, 2.75) is 32.8 Å². The first kappa shape index (κ1) is 11.9. The average Bonchev–Trinajstić information content (AvgIpc) is 2.25. The lowest BCUT2D eigenvalue weighted by molar-refractivity contribution is 0.149. The first-order valence-electron chi connectivity index (χ1n) is 5.18. The molecule has 0 aliphatic rings. The highest BCUT2D eigenvalue weighted by molar-refractivity contribution is 5.19. The Morgan fingerprint density at radius 2 is 1.93 bits per heavy atom. The number of nitrogens with zero attached hydrogens (tertiary/aromatic N) is 2. The van der Waals surface area contributed by atoms with Gasteiger partial charge in [0.25, 0.3) is 0 Å². The van der Waals surface area contributed by atoms with Gasteiger partial charge in [-0.2, -0.15) is 0 Å². The number of hydrogen-bond acceptors (Lipinski definition) is 4. The fourth-order valence-corrected chi connectivity index (χ4v) is 1.35. The second kappa shape index (κ2) is 5.66. The van der Waals surface area contributed by atoms with Crippen LogP contribution in [0.3, 0.4) is 0 Å². The van der Waals surface area contributed by atoms with Crippen LogP contribution in [0.5, 0.6) is 5.88 Å². The van der Waals surface area contributed by atoms with Crippen LogP contribution in [-0.2, 0) is 0 Å². The molecule has 0 aliphatic heterocycles. The molecule has 0 saturated carbocycles. The predicted molar refractivity (Wildman–Crippen MR) is 57.6 cm³/mol. The number of hydrogen-bond donors (Lipinski definition) is 1. The van der Waals surface area contributed by atoms with Gasteiger partial charge >= 0.3 is 0 Å². The molecule has 4 heteroatoms. The summed E-state index contributed by atoms with van der Waals surface area (Å²) in [6, 6.07) is 0. The molecule has 0 aromatic carbocycles. The minimum Gasteiger partial charge on any atom is -0.480 e. The molecule has 1 aromatic heterocycles. The Bertz CT molecular complexity index is 302. The Hall–Kier alpha value is -1.16. The van der Waals surface area contributed by atoms with Gasteiger partial charge in [0.2, 0.25) is 5.88 Å².